The quantitative estimate of drug-likeness (QED) is 0.718. The van der Waals surface area contributed by atoms with Crippen LogP contribution in [0.5, 0.6) is 0 Å². The Kier molecular flexibility index (Phi) is 5.03. The van der Waals surface area contributed by atoms with Crippen molar-refractivity contribution in [1.82, 2.24) is 10.2 Å². The van der Waals surface area contributed by atoms with E-state index in [0.29, 0.717) is 16.3 Å². The number of carbonyl (C=O) groups is 1. The van der Waals surface area contributed by atoms with Crippen LogP contribution in [-0.2, 0) is 0 Å². The summed E-state index contributed by atoms with van der Waals surface area (Å²) in [6.07, 6.45) is 2.43. The Balaban J connectivity index is 1.44. The SMILES string of the molecule is O=C(Nc1ccc(-c2ccc(N3CCCC3)nn2)cc1)c1cccc(Cl)c1. The molecule has 1 aliphatic rings. The molecular weight excluding hydrogens is 360 g/mol. The van der Waals surface area contributed by atoms with Crippen LogP contribution in [0.1, 0.15) is 23.2 Å². The zero-order valence-electron chi connectivity index (χ0n) is 14.7. The Morgan fingerprint density at radius 1 is 0.963 bits per heavy atom. The van der Waals surface area contributed by atoms with Gasteiger partial charge in [0.25, 0.3) is 5.91 Å². The topological polar surface area (TPSA) is 58.1 Å². The summed E-state index contributed by atoms with van der Waals surface area (Å²) in [6, 6.07) is 18.4. The standard InChI is InChI=1S/C21H19ClN4O/c22-17-5-3-4-16(14-17)21(27)23-18-8-6-15(7-9-18)19-10-11-20(25-24-19)26-12-1-2-13-26/h3-11,14H,1-2,12-13H2,(H,23,27). The molecule has 0 unspecified atom stereocenters. The number of carbonyl (C=O) groups excluding carboxylic acids is 1. The van der Waals surface area contributed by atoms with Crippen LogP contribution in [0.2, 0.25) is 5.02 Å². The van der Waals surface area contributed by atoms with Gasteiger partial charge in [-0.05, 0) is 55.3 Å². The highest BCUT2D eigenvalue weighted by Crippen LogP contribution is 2.23. The lowest BCUT2D eigenvalue weighted by molar-refractivity contribution is 0.102. The molecule has 0 bridgehead atoms. The zero-order valence-corrected chi connectivity index (χ0v) is 15.5. The Bertz CT molecular complexity index is 935. The molecule has 4 rings (SSSR count). The van der Waals surface area contributed by atoms with Gasteiger partial charge in [-0.3, -0.25) is 4.79 Å². The first-order valence-electron chi connectivity index (χ1n) is 8.95. The van der Waals surface area contributed by atoms with E-state index in [2.05, 4.69) is 20.4 Å². The minimum absolute atomic E-state index is 0.194. The molecule has 0 atom stereocenters. The van der Waals surface area contributed by atoms with Crippen molar-refractivity contribution < 1.29 is 4.79 Å². The zero-order chi connectivity index (χ0) is 18.6. The van der Waals surface area contributed by atoms with Crippen molar-refractivity contribution in [2.45, 2.75) is 12.8 Å². The van der Waals surface area contributed by atoms with Gasteiger partial charge >= 0.3 is 0 Å². The third kappa shape index (κ3) is 4.09. The number of nitrogens with one attached hydrogen (secondary N) is 1. The van der Waals surface area contributed by atoms with Gasteiger partial charge in [0.05, 0.1) is 5.69 Å². The van der Waals surface area contributed by atoms with Crippen molar-refractivity contribution in [2.75, 3.05) is 23.3 Å². The summed E-state index contributed by atoms with van der Waals surface area (Å²) in [5.41, 5.74) is 3.00. The minimum atomic E-state index is -0.194. The second-order valence-corrected chi connectivity index (χ2v) is 6.95. The monoisotopic (exact) mass is 378 g/mol. The summed E-state index contributed by atoms with van der Waals surface area (Å²) in [5.74, 6) is 0.738. The first-order valence-corrected chi connectivity index (χ1v) is 9.33. The van der Waals surface area contributed by atoms with Crippen LogP contribution < -0.4 is 10.2 Å². The maximum Gasteiger partial charge on any atom is 0.255 e. The van der Waals surface area contributed by atoms with Crippen LogP contribution >= 0.6 is 11.6 Å². The predicted molar refractivity (Wildman–Crippen MR) is 108 cm³/mol. The minimum Gasteiger partial charge on any atom is -0.355 e. The molecule has 1 aromatic heterocycles. The van der Waals surface area contributed by atoms with E-state index in [1.165, 1.54) is 12.8 Å². The predicted octanol–water partition coefficient (Wildman–Crippen LogP) is 4.65. The number of amides is 1. The maximum atomic E-state index is 12.3. The fourth-order valence-corrected chi connectivity index (χ4v) is 3.34. The van der Waals surface area contributed by atoms with Crippen molar-refractivity contribution in [1.29, 1.82) is 0 Å². The van der Waals surface area contributed by atoms with Crippen LogP contribution in [0, 0.1) is 0 Å². The molecule has 5 nitrogen and oxygen atoms in total. The number of aromatic nitrogens is 2. The number of hydrogen-bond donors (Lipinski definition) is 1. The van der Waals surface area contributed by atoms with Gasteiger partial charge in [-0.2, -0.15) is 0 Å². The van der Waals surface area contributed by atoms with Crippen LogP contribution in [0.25, 0.3) is 11.3 Å². The van der Waals surface area contributed by atoms with E-state index in [9.17, 15) is 4.79 Å². The van der Waals surface area contributed by atoms with Gasteiger partial charge in [0, 0.05) is 34.9 Å². The number of rotatable bonds is 4. The van der Waals surface area contributed by atoms with Crippen molar-refractivity contribution in [3.05, 3.63) is 71.2 Å². The molecule has 1 amide bonds. The molecule has 1 aliphatic heterocycles. The second-order valence-electron chi connectivity index (χ2n) is 6.51. The Labute approximate surface area is 163 Å². The lowest BCUT2D eigenvalue weighted by atomic mass is 10.1. The smallest absolute Gasteiger partial charge is 0.255 e. The molecule has 1 N–H and O–H groups in total. The van der Waals surface area contributed by atoms with E-state index in [1.54, 1.807) is 24.3 Å². The molecule has 1 fully saturated rings. The fraction of sp³-hybridized carbons (Fsp3) is 0.190. The molecule has 3 aromatic rings. The normalized spacial score (nSPS) is 13.6. The molecule has 2 heterocycles. The summed E-state index contributed by atoms with van der Waals surface area (Å²) in [6.45, 7) is 2.10. The van der Waals surface area contributed by atoms with Crippen LogP contribution in [0.4, 0.5) is 11.5 Å². The summed E-state index contributed by atoms with van der Waals surface area (Å²) >= 11 is 5.94. The average molecular weight is 379 g/mol. The van der Waals surface area contributed by atoms with Gasteiger partial charge in [0.15, 0.2) is 5.82 Å². The average Bonchev–Trinajstić information content (AvgIpc) is 3.24. The highest BCUT2D eigenvalue weighted by Gasteiger charge is 2.14. The summed E-state index contributed by atoms with van der Waals surface area (Å²) in [4.78, 5) is 14.5. The van der Waals surface area contributed by atoms with E-state index in [-0.39, 0.29) is 5.91 Å². The van der Waals surface area contributed by atoms with Crippen LogP contribution in [0.15, 0.2) is 60.7 Å². The summed E-state index contributed by atoms with van der Waals surface area (Å²) in [5, 5.41) is 12.1. The molecule has 136 valence electrons. The first-order chi connectivity index (χ1) is 13.2. The lowest BCUT2D eigenvalue weighted by Crippen LogP contribution is -2.19. The van der Waals surface area contributed by atoms with E-state index >= 15 is 0 Å². The van der Waals surface area contributed by atoms with Gasteiger partial charge in [-0.15, -0.1) is 10.2 Å². The van der Waals surface area contributed by atoms with E-state index in [0.717, 1.165) is 30.2 Å². The molecular formula is C21H19ClN4O. The molecule has 1 saturated heterocycles. The number of anilines is 2. The van der Waals surface area contributed by atoms with Gasteiger partial charge in [-0.25, -0.2) is 0 Å². The van der Waals surface area contributed by atoms with Crippen molar-refractivity contribution >= 4 is 29.0 Å². The summed E-state index contributed by atoms with van der Waals surface area (Å²) < 4.78 is 0. The number of halogens is 1. The van der Waals surface area contributed by atoms with Crippen LogP contribution in [-0.4, -0.2) is 29.2 Å². The molecule has 27 heavy (non-hydrogen) atoms. The van der Waals surface area contributed by atoms with Crippen molar-refractivity contribution in [3.8, 4) is 11.3 Å². The third-order valence-electron chi connectivity index (χ3n) is 4.61. The maximum absolute atomic E-state index is 12.3. The molecule has 0 radical (unpaired) electrons. The van der Waals surface area contributed by atoms with Crippen molar-refractivity contribution in [3.63, 3.8) is 0 Å². The van der Waals surface area contributed by atoms with Gasteiger partial charge < -0.3 is 10.2 Å². The summed E-state index contributed by atoms with van der Waals surface area (Å²) in [7, 11) is 0. The number of hydrogen-bond acceptors (Lipinski definition) is 4. The molecule has 2 aromatic carbocycles. The number of nitrogens with zero attached hydrogens (tertiary/aromatic N) is 3. The van der Waals surface area contributed by atoms with E-state index in [1.807, 2.05) is 36.4 Å². The third-order valence-corrected chi connectivity index (χ3v) is 4.84. The second kappa shape index (κ2) is 7.76. The molecule has 6 heteroatoms. The Morgan fingerprint density at radius 2 is 1.74 bits per heavy atom. The lowest BCUT2D eigenvalue weighted by Gasteiger charge is -2.15. The van der Waals surface area contributed by atoms with Gasteiger partial charge in [-0.1, -0.05) is 29.8 Å². The van der Waals surface area contributed by atoms with Gasteiger partial charge in [0.2, 0.25) is 0 Å². The molecule has 0 saturated carbocycles. The first kappa shape index (κ1) is 17.5. The van der Waals surface area contributed by atoms with Crippen LogP contribution in [0.3, 0.4) is 0 Å². The van der Waals surface area contributed by atoms with E-state index < -0.39 is 0 Å². The van der Waals surface area contributed by atoms with Gasteiger partial charge in [0.1, 0.15) is 0 Å². The molecule has 0 spiro atoms. The highest BCUT2D eigenvalue weighted by molar-refractivity contribution is 6.31. The highest BCUT2D eigenvalue weighted by atomic mass is 35.5. The largest absolute Gasteiger partial charge is 0.355 e. The van der Waals surface area contributed by atoms with Crippen molar-refractivity contribution in [2.24, 2.45) is 0 Å². The van der Waals surface area contributed by atoms with E-state index in [4.69, 9.17) is 11.6 Å². The molecule has 0 aliphatic carbocycles. The Morgan fingerprint density at radius 3 is 2.41 bits per heavy atom. The number of benzene rings is 2. The fourth-order valence-electron chi connectivity index (χ4n) is 3.15. The Hall–Kier alpha value is -2.92.